The second-order valence-corrected chi connectivity index (χ2v) is 11.9. The molecule has 40 heavy (non-hydrogen) atoms. The highest BCUT2D eigenvalue weighted by Gasteiger charge is 2.43. The smallest absolute Gasteiger partial charge is 0.434 e. The summed E-state index contributed by atoms with van der Waals surface area (Å²) in [4.78, 5) is 31.1. The minimum absolute atomic E-state index is 0.00316. The van der Waals surface area contributed by atoms with Crippen molar-refractivity contribution in [3.63, 3.8) is 0 Å². The summed E-state index contributed by atoms with van der Waals surface area (Å²) in [5.74, 6) is -2.55. The molecule has 2 heterocycles. The molecular weight excluding hydrogens is 535 g/mol. The highest BCUT2D eigenvalue weighted by Crippen LogP contribution is 2.45. The molecule has 2 fully saturated rings. The number of carbonyl (C=O) groups excluding carboxylic acids is 2. The first-order chi connectivity index (χ1) is 18.5. The van der Waals surface area contributed by atoms with Gasteiger partial charge >= 0.3 is 12.3 Å². The lowest BCUT2D eigenvalue weighted by Crippen LogP contribution is -2.49. The summed E-state index contributed by atoms with van der Waals surface area (Å²) in [6, 6.07) is 1.88. The van der Waals surface area contributed by atoms with E-state index in [0.717, 1.165) is 31.2 Å². The lowest BCUT2D eigenvalue weighted by molar-refractivity contribution is -0.140. The van der Waals surface area contributed by atoms with Crippen molar-refractivity contribution in [3.8, 4) is 11.1 Å². The van der Waals surface area contributed by atoms with E-state index in [4.69, 9.17) is 4.74 Å². The molecule has 1 aromatic carbocycles. The van der Waals surface area contributed by atoms with Crippen molar-refractivity contribution >= 4 is 17.7 Å². The van der Waals surface area contributed by atoms with E-state index in [-0.39, 0.29) is 36.3 Å². The molecule has 0 radical (unpaired) electrons. The zero-order valence-corrected chi connectivity index (χ0v) is 23.0. The molecule has 1 saturated heterocycles. The number of nitrogens with one attached hydrogen (secondary N) is 2. The molecule has 4 rings (SSSR count). The number of ether oxygens (including phenoxy) is 1. The number of alkyl carbamates (subject to hydrolysis) is 1. The number of carbonyl (C=O) groups is 2. The van der Waals surface area contributed by atoms with Crippen LogP contribution in [0, 0.1) is 17.6 Å². The van der Waals surface area contributed by atoms with Crippen LogP contribution in [-0.4, -0.2) is 47.3 Å². The molecule has 2 aliphatic rings. The van der Waals surface area contributed by atoms with Crippen LogP contribution in [0.5, 0.6) is 0 Å². The van der Waals surface area contributed by atoms with Crippen LogP contribution in [0.25, 0.3) is 11.1 Å². The van der Waals surface area contributed by atoms with Gasteiger partial charge in [0.15, 0.2) is 5.69 Å². The van der Waals surface area contributed by atoms with E-state index >= 15 is 0 Å². The van der Waals surface area contributed by atoms with E-state index in [1.54, 1.807) is 27.7 Å². The monoisotopic (exact) mass is 568 g/mol. The fourth-order valence-corrected chi connectivity index (χ4v) is 4.99. The van der Waals surface area contributed by atoms with Gasteiger partial charge in [0.25, 0.3) is 5.91 Å². The van der Waals surface area contributed by atoms with Gasteiger partial charge in [-0.3, -0.25) is 9.78 Å². The summed E-state index contributed by atoms with van der Waals surface area (Å²) in [6.07, 6.45) is -2.70. The number of halogens is 5. The Morgan fingerprint density at radius 3 is 2.30 bits per heavy atom. The van der Waals surface area contributed by atoms with Crippen LogP contribution >= 0.6 is 0 Å². The van der Waals surface area contributed by atoms with Crippen LogP contribution in [0.1, 0.15) is 69.9 Å². The summed E-state index contributed by atoms with van der Waals surface area (Å²) in [5, 5.41) is 5.61. The molecule has 2 aromatic rings. The third kappa shape index (κ3) is 6.82. The molecule has 1 aliphatic carbocycles. The van der Waals surface area contributed by atoms with Crippen molar-refractivity contribution in [3.05, 3.63) is 47.3 Å². The lowest BCUT2D eigenvalue weighted by Gasteiger charge is -2.31. The first-order valence-corrected chi connectivity index (χ1v) is 13.1. The Hall–Kier alpha value is -3.44. The van der Waals surface area contributed by atoms with Crippen LogP contribution in [-0.2, 0) is 10.9 Å². The summed E-state index contributed by atoms with van der Waals surface area (Å²) in [5.41, 5.74) is -4.45. The number of anilines is 1. The lowest BCUT2D eigenvalue weighted by atomic mass is 9.96. The van der Waals surface area contributed by atoms with Gasteiger partial charge in [0, 0.05) is 37.0 Å². The van der Waals surface area contributed by atoms with E-state index < -0.39 is 57.8 Å². The van der Waals surface area contributed by atoms with Crippen molar-refractivity contribution in [1.82, 2.24) is 15.6 Å². The Labute approximate surface area is 229 Å². The number of pyridine rings is 1. The van der Waals surface area contributed by atoms with E-state index in [9.17, 15) is 31.5 Å². The van der Waals surface area contributed by atoms with Gasteiger partial charge in [0.1, 0.15) is 17.2 Å². The van der Waals surface area contributed by atoms with Gasteiger partial charge in [0.05, 0.1) is 16.8 Å². The minimum atomic E-state index is -5.00. The van der Waals surface area contributed by atoms with Gasteiger partial charge in [-0.25, -0.2) is 13.6 Å². The van der Waals surface area contributed by atoms with E-state index in [2.05, 4.69) is 15.6 Å². The molecule has 218 valence electrons. The van der Waals surface area contributed by atoms with Gasteiger partial charge in [0.2, 0.25) is 0 Å². The Bertz CT molecular complexity index is 1290. The minimum Gasteiger partial charge on any atom is -0.444 e. The number of amides is 2. The molecule has 7 nitrogen and oxygen atoms in total. The third-order valence-electron chi connectivity index (χ3n) is 7.00. The zero-order valence-electron chi connectivity index (χ0n) is 23.0. The Morgan fingerprint density at radius 2 is 1.75 bits per heavy atom. The standard InChI is InChI=1S/C28H33F5N4O3/c1-15(16-6-7-16)35-24(38)20-13-34-23(28(31,32)33)21(17-10-18(29)12-19(30)11-17)22(20)37-9-8-27(5,14-37)36-25(39)40-26(2,3)4/h10-13,15-16H,6-9,14H2,1-5H3,(H,35,38)(H,36,39)/t15-,27-/m0/s1. The molecule has 0 unspecified atom stereocenters. The van der Waals surface area contributed by atoms with Gasteiger partial charge in [-0.05, 0) is 77.5 Å². The molecular formula is C28H33F5N4O3. The predicted molar refractivity (Wildman–Crippen MR) is 139 cm³/mol. The number of hydrogen-bond donors (Lipinski definition) is 2. The maximum absolute atomic E-state index is 14.3. The first kappa shape index (κ1) is 29.5. The fourth-order valence-electron chi connectivity index (χ4n) is 4.99. The van der Waals surface area contributed by atoms with Crippen LogP contribution in [0.3, 0.4) is 0 Å². The largest absolute Gasteiger partial charge is 0.444 e. The summed E-state index contributed by atoms with van der Waals surface area (Å²) >= 11 is 0. The number of rotatable bonds is 6. The third-order valence-corrected chi connectivity index (χ3v) is 7.00. The van der Waals surface area contributed by atoms with E-state index in [1.807, 2.05) is 6.92 Å². The SMILES string of the molecule is C[C@H](NC(=O)c1cnc(C(F)(F)F)c(-c2cc(F)cc(F)c2)c1N1CC[C@](C)(NC(=O)OC(C)(C)C)C1)C1CC1. The Morgan fingerprint density at radius 1 is 1.12 bits per heavy atom. The fraction of sp³-hybridized carbons (Fsp3) is 0.536. The molecule has 2 N–H and O–H groups in total. The number of aromatic nitrogens is 1. The molecule has 1 aliphatic heterocycles. The second kappa shape index (κ2) is 10.5. The van der Waals surface area contributed by atoms with Crippen LogP contribution in [0.4, 0.5) is 32.4 Å². The number of benzene rings is 1. The molecule has 1 saturated carbocycles. The molecule has 1 aromatic heterocycles. The molecule has 0 spiro atoms. The van der Waals surface area contributed by atoms with Gasteiger partial charge < -0.3 is 20.3 Å². The molecule has 0 bridgehead atoms. The highest BCUT2D eigenvalue weighted by molar-refractivity contribution is 6.04. The maximum atomic E-state index is 14.3. The Balaban J connectivity index is 1.84. The molecule has 2 amide bonds. The Kier molecular flexibility index (Phi) is 7.76. The second-order valence-electron chi connectivity index (χ2n) is 11.9. The molecule has 12 heteroatoms. The van der Waals surface area contributed by atoms with E-state index in [0.29, 0.717) is 12.5 Å². The zero-order chi connectivity index (χ0) is 29.6. The summed E-state index contributed by atoms with van der Waals surface area (Å²) < 4.78 is 76.8. The normalized spacial score (nSPS) is 20.3. The van der Waals surface area contributed by atoms with Crippen LogP contribution in [0.15, 0.2) is 24.4 Å². The van der Waals surface area contributed by atoms with Gasteiger partial charge in [-0.2, -0.15) is 13.2 Å². The van der Waals surface area contributed by atoms with Gasteiger partial charge in [-0.1, -0.05) is 0 Å². The van der Waals surface area contributed by atoms with E-state index in [1.165, 1.54) is 4.90 Å². The van der Waals surface area contributed by atoms with Gasteiger partial charge in [-0.15, -0.1) is 0 Å². The predicted octanol–water partition coefficient (Wildman–Crippen LogP) is 6.07. The van der Waals surface area contributed by atoms with Crippen molar-refractivity contribution in [2.45, 2.75) is 77.2 Å². The maximum Gasteiger partial charge on any atom is 0.434 e. The quantitative estimate of drug-likeness (QED) is 0.414. The van der Waals surface area contributed by atoms with Crippen molar-refractivity contribution in [1.29, 1.82) is 0 Å². The topological polar surface area (TPSA) is 83.6 Å². The van der Waals surface area contributed by atoms with Crippen LogP contribution < -0.4 is 15.5 Å². The average Bonchev–Trinajstić information content (AvgIpc) is 3.58. The van der Waals surface area contributed by atoms with Crippen molar-refractivity contribution in [2.75, 3.05) is 18.0 Å². The van der Waals surface area contributed by atoms with Crippen LogP contribution in [0.2, 0.25) is 0 Å². The van der Waals surface area contributed by atoms with Crippen molar-refractivity contribution in [2.24, 2.45) is 5.92 Å². The molecule has 2 atom stereocenters. The number of alkyl halides is 3. The highest BCUT2D eigenvalue weighted by atomic mass is 19.4. The summed E-state index contributed by atoms with van der Waals surface area (Å²) in [6.45, 7) is 8.75. The number of nitrogens with zero attached hydrogens (tertiary/aromatic N) is 2. The average molecular weight is 569 g/mol. The first-order valence-electron chi connectivity index (χ1n) is 13.1. The van der Waals surface area contributed by atoms with Crippen molar-refractivity contribution < 1.29 is 36.3 Å². The number of hydrogen-bond acceptors (Lipinski definition) is 5. The summed E-state index contributed by atoms with van der Waals surface area (Å²) in [7, 11) is 0.